The molecule has 0 aliphatic carbocycles. The van der Waals surface area contributed by atoms with Gasteiger partial charge in [-0.05, 0) is 35.6 Å². The lowest BCUT2D eigenvalue weighted by atomic mass is 10.2. The second-order valence-electron chi connectivity index (χ2n) is 7.52. The van der Waals surface area contributed by atoms with Crippen LogP contribution in [0.5, 0.6) is 5.75 Å². The maximum absolute atomic E-state index is 12.6. The molecule has 2 N–H and O–H groups in total. The molecule has 37 heavy (non-hydrogen) atoms. The van der Waals surface area contributed by atoms with Crippen LogP contribution in [0.4, 0.5) is 5.13 Å². The number of benzene rings is 2. The van der Waals surface area contributed by atoms with Gasteiger partial charge in [0, 0.05) is 5.56 Å². The van der Waals surface area contributed by atoms with Gasteiger partial charge < -0.3 is 14.6 Å². The molecule has 4 aromatic rings. The number of nitrogens with one attached hydrogen (secondary N) is 2. The van der Waals surface area contributed by atoms with E-state index in [1.54, 1.807) is 43.1 Å². The fraction of sp³-hybridized carbons (Fsp3) is 0.250. The second-order valence-corrected chi connectivity index (χ2v) is 11.0. The van der Waals surface area contributed by atoms with Crippen molar-refractivity contribution in [1.82, 2.24) is 30.3 Å². The molecule has 0 aliphatic rings. The van der Waals surface area contributed by atoms with Gasteiger partial charge in [0.15, 0.2) is 15.3 Å². The Morgan fingerprint density at radius 3 is 2.51 bits per heavy atom. The molecular formula is C24H25N7O3S3. The van der Waals surface area contributed by atoms with Crippen LogP contribution in [0.15, 0.2) is 64.1 Å². The molecule has 2 aromatic heterocycles. The molecule has 2 amide bonds. The van der Waals surface area contributed by atoms with Crippen molar-refractivity contribution in [3.05, 3.63) is 71.5 Å². The van der Waals surface area contributed by atoms with Gasteiger partial charge in [0.25, 0.3) is 5.91 Å². The molecule has 0 unspecified atom stereocenters. The fourth-order valence-corrected chi connectivity index (χ4v) is 5.63. The van der Waals surface area contributed by atoms with Gasteiger partial charge in [0.1, 0.15) is 5.75 Å². The number of nitrogens with zero attached hydrogens (tertiary/aromatic N) is 5. The number of ether oxygens (including phenoxy) is 1. The van der Waals surface area contributed by atoms with Gasteiger partial charge >= 0.3 is 0 Å². The van der Waals surface area contributed by atoms with Crippen LogP contribution < -0.4 is 15.4 Å². The molecule has 13 heteroatoms. The number of carbonyl (C=O) groups is 2. The first kappa shape index (κ1) is 26.6. The Balaban J connectivity index is 1.42. The molecule has 0 fully saturated rings. The summed E-state index contributed by atoms with van der Waals surface area (Å²) in [7, 11) is 1.58. The predicted octanol–water partition coefficient (Wildman–Crippen LogP) is 3.96. The molecule has 4 rings (SSSR count). The first-order valence-electron chi connectivity index (χ1n) is 11.3. The largest absolute Gasteiger partial charge is 0.497 e. The van der Waals surface area contributed by atoms with Crippen molar-refractivity contribution in [2.45, 2.75) is 29.5 Å². The first-order valence-corrected chi connectivity index (χ1v) is 14.1. The van der Waals surface area contributed by atoms with Gasteiger partial charge in [-0.3, -0.25) is 14.9 Å². The second kappa shape index (κ2) is 13.2. The summed E-state index contributed by atoms with van der Waals surface area (Å²) in [5.74, 6) is 1.83. The highest BCUT2D eigenvalue weighted by Crippen LogP contribution is 2.25. The summed E-state index contributed by atoms with van der Waals surface area (Å²) in [5.41, 5.74) is 1.56. The number of methoxy groups -OCH3 is 1. The molecule has 0 spiro atoms. The number of anilines is 1. The molecule has 0 saturated carbocycles. The van der Waals surface area contributed by atoms with Gasteiger partial charge in [-0.25, -0.2) is 0 Å². The zero-order valence-corrected chi connectivity index (χ0v) is 22.7. The van der Waals surface area contributed by atoms with Crippen LogP contribution in [0.3, 0.4) is 0 Å². The van der Waals surface area contributed by atoms with Gasteiger partial charge in [0.05, 0.1) is 26.0 Å². The van der Waals surface area contributed by atoms with E-state index in [1.165, 1.54) is 23.1 Å². The lowest BCUT2D eigenvalue weighted by Gasteiger charge is -2.11. The average Bonchev–Trinajstić information content (AvgIpc) is 3.53. The van der Waals surface area contributed by atoms with E-state index in [1.807, 2.05) is 41.8 Å². The number of rotatable bonds is 12. The quantitative estimate of drug-likeness (QED) is 0.197. The third-order valence-corrected chi connectivity index (χ3v) is 7.81. The highest BCUT2D eigenvalue weighted by Gasteiger charge is 2.17. The number of hydrogen-bond acceptors (Lipinski definition) is 10. The summed E-state index contributed by atoms with van der Waals surface area (Å²) < 4.78 is 7.87. The molecule has 2 aromatic carbocycles. The van der Waals surface area contributed by atoms with E-state index < -0.39 is 0 Å². The third kappa shape index (κ3) is 7.54. The van der Waals surface area contributed by atoms with Crippen LogP contribution in [-0.4, -0.2) is 55.4 Å². The van der Waals surface area contributed by atoms with E-state index >= 15 is 0 Å². The van der Waals surface area contributed by atoms with Crippen LogP contribution in [0.1, 0.15) is 28.7 Å². The van der Waals surface area contributed by atoms with Crippen molar-refractivity contribution >= 4 is 51.8 Å². The maximum atomic E-state index is 12.6. The lowest BCUT2D eigenvalue weighted by molar-refractivity contribution is -0.113. The average molecular weight is 556 g/mol. The van der Waals surface area contributed by atoms with Crippen LogP contribution >= 0.6 is 34.9 Å². The van der Waals surface area contributed by atoms with E-state index in [9.17, 15) is 9.59 Å². The summed E-state index contributed by atoms with van der Waals surface area (Å²) in [6.07, 6.45) is 0. The summed E-state index contributed by atoms with van der Waals surface area (Å²) >= 11 is 4.19. The van der Waals surface area contributed by atoms with Crippen molar-refractivity contribution in [1.29, 1.82) is 0 Å². The molecule has 0 aliphatic heterocycles. The van der Waals surface area contributed by atoms with Crippen LogP contribution in [0.25, 0.3) is 0 Å². The summed E-state index contributed by atoms with van der Waals surface area (Å²) in [6, 6.07) is 16.7. The monoisotopic (exact) mass is 555 g/mol. The van der Waals surface area contributed by atoms with Gasteiger partial charge in [-0.2, -0.15) is 0 Å². The Hall–Kier alpha value is -3.42. The van der Waals surface area contributed by atoms with Gasteiger partial charge in [0.2, 0.25) is 11.0 Å². The lowest BCUT2D eigenvalue weighted by Crippen LogP contribution is -2.25. The molecule has 10 nitrogen and oxygen atoms in total. The number of aromatic nitrogens is 5. The predicted molar refractivity (Wildman–Crippen MR) is 145 cm³/mol. The normalized spacial score (nSPS) is 10.8. The minimum atomic E-state index is -0.233. The van der Waals surface area contributed by atoms with Crippen molar-refractivity contribution in [3.63, 3.8) is 0 Å². The molecule has 0 bridgehead atoms. The smallest absolute Gasteiger partial charge is 0.251 e. The third-order valence-electron chi connectivity index (χ3n) is 4.99. The molecular weight excluding hydrogens is 531 g/mol. The summed E-state index contributed by atoms with van der Waals surface area (Å²) in [5, 5.41) is 23.4. The van der Waals surface area contributed by atoms with Crippen LogP contribution in [-0.2, 0) is 17.9 Å². The zero-order valence-electron chi connectivity index (χ0n) is 20.2. The number of thioether (sulfide) groups is 2. The SMILES string of the molecule is CCSc1nnc(NC(=O)CSc2nnc(CNC(=O)c3ccc(OC)cc3)n2Cc2ccccc2)s1. The first-order chi connectivity index (χ1) is 18.1. The van der Waals surface area contributed by atoms with E-state index in [0.29, 0.717) is 34.0 Å². The standard InChI is InChI=1S/C24H25N7O3S3/c1-3-35-24-30-28-22(37-24)26-20(32)15-36-23-29-27-19(31(23)14-16-7-5-4-6-8-16)13-25-21(33)17-9-11-18(34-2)12-10-17/h4-12H,3,13-15H2,1-2H3,(H,25,33)(H,26,28,32). The molecule has 192 valence electrons. The Morgan fingerprint density at radius 1 is 1.00 bits per heavy atom. The van der Waals surface area contributed by atoms with Crippen LogP contribution in [0.2, 0.25) is 0 Å². The number of amides is 2. The van der Waals surface area contributed by atoms with E-state index in [2.05, 4.69) is 31.0 Å². The Morgan fingerprint density at radius 2 is 1.78 bits per heavy atom. The molecule has 0 radical (unpaired) electrons. The highest BCUT2D eigenvalue weighted by atomic mass is 32.2. The number of hydrogen-bond donors (Lipinski definition) is 2. The fourth-order valence-electron chi connectivity index (χ4n) is 3.21. The van der Waals surface area contributed by atoms with Crippen molar-refractivity contribution in [2.24, 2.45) is 0 Å². The minimum absolute atomic E-state index is 0.126. The Kier molecular flexibility index (Phi) is 9.52. The topological polar surface area (TPSA) is 124 Å². The van der Waals surface area contributed by atoms with Crippen molar-refractivity contribution < 1.29 is 14.3 Å². The number of carbonyl (C=O) groups excluding carboxylic acids is 2. The summed E-state index contributed by atoms with van der Waals surface area (Å²) in [6.45, 7) is 2.71. The van der Waals surface area contributed by atoms with E-state index in [-0.39, 0.29) is 24.1 Å². The highest BCUT2D eigenvalue weighted by molar-refractivity contribution is 8.01. The molecule has 0 atom stereocenters. The molecule has 2 heterocycles. The van der Waals surface area contributed by atoms with Gasteiger partial charge in [-0.15, -0.1) is 20.4 Å². The Bertz CT molecular complexity index is 1330. The maximum Gasteiger partial charge on any atom is 0.251 e. The van der Waals surface area contributed by atoms with Crippen molar-refractivity contribution in [3.8, 4) is 5.75 Å². The van der Waals surface area contributed by atoms with Crippen molar-refractivity contribution in [2.75, 3.05) is 23.9 Å². The Labute approximate surface area is 226 Å². The van der Waals surface area contributed by atoms with Crippen LogP contribution in [0, 0.1) is 0 Å². The van der Waals surface area contributed by atoms with E-state index in [0.717, 1.165) is 15.7 Å². The molecule has 0 saturated heterocycles. The zero-order chi connectivity index (χ0) is 26.0. The summed E-state index contributed by atoms with van der Waals surface area (Å²) in [4.78, 5) is 25.2. The minimum Gasteiger partial charge on any atom is -0.497 e. The van der Waals surface area contributed by atoms with E-state index in [4.69, 9.17) is 4.74 Å². The van der Waals surface area contributed by atoms with Gasteiger partial charge in [-0.1, -0.05) is 72.1 Å².